The molecule has 0 bridgehead atoms. The van der Waals surface area contributed by atoms with Crippen LogP contribution >= 0.6 is 0 Å². The number of hydrogen-bond donors (Lipinski definition) is 3. The quantitative estimate of drug-likeness (QED) is 0.571. The van der Waals surface area contributed by atoms with Crippen molar-refractivity contribution in [3.63, 3.8) is 0 Å². The maximum Gasteiger partial charge on any atom is 0.313 e. The largest absolute Gasteiger partial charge is 0.388 e. The molecule has 2 amide bonds. The second-order valence-corrected chi connectivity index (χ2v) is 4.79. The fraction of sp³-hybridized carbons (Fsp3) is 0.429. The highest BCUT2D eigenvalue weighted by molar-refractivity contribution is 6.39. The van der Waals surface area contributed by atoms with Crippen LogP contribution in [0.3, 0.4) is 0 Å². The number of benzene rings is 1. The van der Waals surface area contributed by atoms with Crippen LogP contribution in [0.25, 0.3) is 0 Å². The standard InChI is InChI=1S/C14H17F3N2O3/c1-3-14(22,4-2)7-18-12(20)13(21)19-9-6-5-8(15)10(16)11(9)17/h5-6,22H,3-4,7H2,1-2H3,(H,18,20)(H,19,21). The molecule has 0 atom stereocenters. The molecule has 1 aromatic rings. The van der Waals surface area contributed by atoms with Crippen molar-refractivity contribution in [3.8, 4) is 0 Å². The Balaban J connectivity index is 2.70. The normalized spacial score (nSPS) is 11.2. The van der Waals surface area contributed by atoms with E-state index in [1.165, 1.54) is 0 Å². The van der Waals surface area contributed by atoms with Gasteiger partial charge in [-0.3, -0.25) is 9.59 Å². The fourth-order valence-electron chi connectivity index (χ4n) is 1.63. The topological polar surface area (TPSA) is 78.4 Å². The van der Waals surface area contributed by atoms with Gasteiger partial charge < -0.3 is 15.7 Å². The number of hydrogen-bond acceptors (Lipinski definition) is 3. The van der Waals surface area contributed by atoms with Gasteiger partial charge in [-0.15, -0.1) is 0 Å². The van der Waals surface area contributed by atoms with Gasteiger partial charge in [0.05, 0.1) is 11.3 Å². The molecule has 0 fully saturated rings. The number of aliphatic hydroxyl groups is 1. The Labute approximate surface area is 125 Å². The zero-order valence-corrected chi connectivity index (χ0v) is 12.2. The minimum Gasteiger partial charge on any atom is -0.388 e. The van der Waals surface area contributed by atoms with Crippen molar-refractivity contribution in [2.24, 2.45) is 0 Å². The minimum absolute atomic E-state index is 0.160. The van der Waals surface area contributed by atoms with Crippen LogP contribution in [0.4, 0.5) is 18.9 Å². The highest BCUT2D eigenvalue weighted by atomic mass is 19.2. The zero-order valence-electron chi connectivity index (χ0n) is 12.2. The van der Waals surface area contributed by atoms with Crippen LogP contribution in [0, 0.1) is 17.5 Å². The van der Waals surface area contributed by atoms with Gasteiger partial charge in [-0.1, -0.05) is 13.8 Å². The number of carbonyl (C=O) groups is 2. The van der Waals surface area contributed by atoms with E-state index in [1.807, 2.05) is 5.32 Å². The molecule has 5 nitrogen and oxygen atoms in total. The van der Waals surface area contributed by atoms with Crippen molar-refractivity contribution in [2.45, 2.75) is 32.3 Å². The molecule has 3 N–H and O–H groups in total. The summed E-state index contributed by atoms with van der Waals surface area (Å²) < 4.78 is 39.1. The van der Waals surface area contributed by atoms with Crippen molar-refractivity contribution < 1.29 is 27.9 Å². The van der Waals surface area contributed by atoms with Gasteiger partial charge in [-0.05, 0) is 25.0 Å². The Morgan fingerprint density at radius 1 is 1.09 bits per heavy atom. The lowest BCUT2D eigenvalue weighted by Gasteiger charge is -2.25. The summed E-state index contributed by atoms with van der Waals surface area (Å²) in [6.07, 6.45) is 0.729. The molecule has 0 aromatic heterocycles. The Morgan fingerprint density at radius 3 is 2.23 bits per heavy atom. The van der Waals surface area contributed by atoms with Crippen LogP contribution in [0.1, 0.15) is 26.7 Å². The van der Waals surface area contributed by atoms with Crippen molar-refractivity contribution in [3.05, 3.63) is 29.6 Å². The molecule has 0 heterocycles. The molecule has 1 rings (SSSR count). The van der Waals surface area contributed by atoms with Crippen LogP contribution in [0.15, 0.2) is 12.1 Å². The Hall–Kier alpha value is -2.09. The smallest absolute Gasteiger partial charge is 0.313 e. The average Bonchev–Trinajstić information content (AvgIpc) is 2.52. The van der Waals surface area contributed by atoms with Crippen LogP contribution in [-0.4, -0.2) is 29.1 Å². The van der Waals surface area contributed by atoms with E-state index in [1.54, 1.807) is 13.8 Å². The second kappa shape index (κ2) is 7.26. The van der Waals surface area contributed by atoms with Gasteiger partial charge in [-0.2, -0.15) is 0 Å². The molecule has 22 heavy (non-hydrogen) atoms. The van der Waals surface area contributed by atoms with Crippen molar-refractivity contribution in [2.75, 3.05) is 11.9 Å². The van der Waals surface area contributed by atoms with Crippen LogP contribution in [0.2, 0.25) is 0 Å². The fourth-order valence-corrected chi connectivity index (χ4v) is 1.63. The molecule has 0 unspecified atom stereocenters. The van der Waals surface area contributed by atoms with Gasteiger partial charge in [0, 0.05) is 6.54 Å². The molecule has 0 aliphatic heterocycles. The van der Waals surface area contributed by atoms with Crippen molar-refractivity contribution in [1.82, 2.24) is 5.32 Å². The molecular formula is C14H17F3N2O3. The van der Waals surface area contributed by atoms with Gasteiger partial charge in [-0.25, -0.2) is 13.2 Å². The third-order valence-electron chi connectivity index (χ3n) is 3.38. The van der Waals surface area contributed by atoms with Gasteiger partial charge in [0.25, 0.3) is 0 Å². The summed E-state index contributed by atoms with van der Waals surface area (Å²) in [5, 5.41) is 14.0. The number of rotatable bonds is 5. The average molecular weight is 318 g/mol. The molecule has 0 radical (unpaired) electrons. The highest BCUT2D eigenvalue weighted by Crippen LogP contribution is 2.19. The lowest BCUT2D eigenvalue weighted by molar-refractivity contribution is -0.136. The van der Waals surface area contributed by atoms with Gasteiger partial charge in [0.15, 0.2) is 17.5 Å². The van der Waals surface area contributed by atoms with E-state index in [0.29, 0.717) is 18.9 Å². The van der Waals surface area contributed by atoms with E-state index in [9.17, 15) is 27.9 Å². The minimum atomic E-state index is -1.75. The number of carbonyl (C=O) groups excluding carboxylic acids is 2. The van der Waals surface area contributed by atoms with Crippen molar-refractivity contribution >= 4 is 17.5 Å². The predicted molar refractivity (Wildman–Crippen MR) is 73.5 cm³/mol. The Morgan fingerprint density at radius 2 is 1.68 bits per heavy atom. The summed E-state index contributed by atoms with van der Waals surface area (Å²) in [5.74, 6) is -7.12. The first-order chi connectivity index (χ1) is 10.2. The number of anilines is 1. The van der Waals surface area contributed by atoms with E-state index >= 15 is 0 Å². The van der Waals surface area contributed by atoms with Crippen LogP contribution < -0.4 is 10.6 Å². The Bertz CT molecular complexity index is 575. The zero-order chi connectivity index (χ0) is 16.9. The van der Waals surface area contributed by atoms with Crippen molar-refractivity contribution in [1.29, 1.82) is 0 Å². The SMILES string of the molecule is CCC(O)(CC)CNC(=O)C(=O)Nc1ccc(F)c(F)c1F. The first-order valence-electron chi connectivity index (χ1n) is 6.69. The number of amides is 2. The van der Waals surface area contributed by atoms with Crippen LogP contribution in [-0.2, 0) is 9.59 Å². The molecule has 122 valence electrons. The van der Waals surface area contributed by atoms with E-state index in [-0.39, 0.29) is 6.54 Å². The summed E-state index contributed by atoms with van der Waals surface area (Å²) in [6.45, 7) is 3.27. The molecule has 1 aromatic carbocycles. The van der Waals surface area contributed by atoms with E-state index < -0.39 is 40.6 Å². The third kappa shape index (κ3) is 4.20. The first-order valence-corrected chi connectivity index (χ1v) is 6.69. The number of nitrogens with one attached hydrogen (secondary N) is 2. The van der Waals surface area contributed by atoms with E-state index in [0.717, 1.165) is 6.07 Å². The molecular weight excluding hydrogens is 301 g/mol. The number of halogens is 3. The summed E-state index contributed by atoms with van der Waals surface area (Å²) >= 11 is 0. The maximum atomic E-state index is 13.4. The Kier molecular flexibility index (Phi) is 5.92. The lowest BCUT2D eigenvalue weighted by atomic mass is 9.98. The summed E-state index contributed by atoms with van der Waals surface area (Å²) in [7, 11) is 0. The van der Waals surface area contributed by atoms with Crippen LogP contribution in [0.5, 0.6) is 0 Å². The molecule has 0 aliphatic rings. The molecule has 0 spiro atoms. The molecule has 0 saturated heterocycles. The van der Waals surface area contributed by atoms with Gasteiger partial charge >= 0.3 is 11.8 Å². The first kappa shape index (κ1) is 18.0. The second-order valence-electron chi connectivity index (χ2n) is 4.79. The monoisotopic (exact) mass is 318 g/mol. The van der Waals surface area contributed by atoms with Gasteiger partial charge in [0.1, 0.15) is 0 Å². The van der Waals surface area contributed by atoms with E-state index in [4.69, 9.17) is 0 Å². The third-order valence-corrected chi connectivity index (χ3v) is 3.38. The van der Waals surface area contributed by atoms with E-state index in [2.05, 4.69) is 5.32 Å². The summed E-state index contributed by atoms with van der Waals surface area (Å²) in [4.78, 5) is 23.1. The lowest BCUT2D eigenvalue weighted by Crippen LogP contribution is -2.45. The highest BCUT2D eigenvalue weighted by Gasteiger charge is 2.25. The summed E-state index contributed by atoms with van der Waals surface area (Å²) in [6, 6.07) is 1.42. The molecule has 0 saturated carbocycles. The molecule has 0 aliphatic carbocycles. The summed E-state index contributed by atoms with van der Waals surface area (Å²) in [5.41, 5.74) is -1.80. The predicted octanol–water partition coefficient (Wildman–Crippen LogP) is 1.71. The van der Waals surface area contributed by atoms with Gasteiger partial charge in [0.2, 0.25) is 0 Å². The maximum absolute atomic E-state index is 13.4. The molecule has 8 heteroatoms.